The summed E-state index contributed by atoms with van der Waals surface area (Å²) in [4.78, 5) is 37.5. The van der Waals surface area contributed by atoms with E-state index in [4.69, 9.17) is 29.1 Å². The van der Waals surface area contributed by atoms with Crippen LogP contribution in [0.2, 0.25) is 0 Å². The van der Waals surface area contributed by atoms with E-state index in [2.05, 4.69) is 5.32 Å². The molecule has 3 aromatic rings. The standard InChI is InChI=1S/C31H36N2O11/c1-14(2)7-8-16-13-17(9-11-19(16)34)27(37)33-21-22(35)18-10-12-20(15(3)24(18)42-28(21)38)41-29-23(36)25(43-30(32)39)26(40-6)31(4,5)44-29/h7,9-13,23,25-26,29,34-36H,8H2,1-6H3,(H2,32,39)(H,33,37)/t23-,25+,26?,29?/m1/s1. The zero-order chi connectivity index (χ0) is 32.5. The van der Waals surface area contributed by atoms with Crippen molar-refractivity contribution < 1.29 is 48.3 Å². The lowest BCUT2D eigenvalue weighted by Crippen LogP contribution is -2.65. The molecule has 2 heterocycles. The highest BCUT2D eigenvalue weighted by Gasteiger charge is 2.53. The van der Waals surface area contributed by atoms with Crippen LogP contribution in [0.4, 0.5) is 10.5 Å². The molecule has 0 bridgehead atoms. The van der Waals surface area contributed by atoms with E-state index in [0.29, 0.717) is 12.0 Å². The number of carbonyl (C=O) groups excluding carboxylic acids is 2. The van der Waals surface area contributed by atoms with E-state index in [1.807, 2.05) is 19.9 Å². The van der Waals surface area contributed by atoms with Gasteiger partial charge in [0.05, 0.1) is 11.0 Å². The van der Waals surface area contributed by atoms with E-state index in [1.165, 1.54) is 37.4 Å². The fourth-order valence-corrected chi connectivity index (χ4v) is 5.06. The van der Waals surface area contributed by atoms with E-state index >= 15 is 0 Å². The van der Waals surface area contributed by atoms with Crippen LogP contribution in [-0.2, 0) is 20.6 Å². The molecule has 6 N–H and O–H groups in total. The molecule has 2 aromatic carbocycles. The molecule has 0 radical (unpaired) electrons. The van der Waals surface area contributed by atoms with E-state index in [9.17, 15) is 29.7 Å². The molecule has 1 saturated heterocycles. The molecule has 44 heavy (non-hydrogen) atoms. The maximum atomic E-state index is 13.0. The van der Waals surface area contributed by atoms with Gasteiger partial charge in [0, 0.05) is 18.2 Å². The number of aliphatic hydroxyl groups excluding tert-OH is 1. The molecule has 0 aliphatic carbocycles. The molecule has 2 amide bonds. The van der Waals surface area contributed by atoms with Crippen molar-refractivity contribution in [1.29, 1.82) is 0 Å². The highest BCUT2D eigenvalue weighted by molar-refractivity contribution is 6.06. The smallest absolute Gasteiger partial charge is 0.404 e. The first-order valence-corrected chi connectivity index (χ1v) is 13.7. The summed E-state index contributed by atoms with van der Waals surface area (Å²) in [7, 11) is 1.37. The maximum absolute atomic E-state index is 13.0. The number of nitrogens with one attached hydrogen (secondary N) is 1. The quantitative estimate of drug-likeness (QED) is 0.184. The lowest BCUT2D eigenvalue weighted by atomic mass is 9.89. The first kappa shape index (κ1) is 32.3. The first-order valence-electron chi connectivity index (χ1n) is 13.7. The summed E-state index contributed by atoms with van der Waals surface area (Å²) in [6, 6.07) is 7.12. The molecular weight excluding hydrogens is 576 g/mol. The number of nitrogens with two attached hydrogens (primary N) is 1. The first-order chi connectivity index (χ1) is 20.6. The van der Waals surface area contributed by atoms with Gasteiger partial charge in [0.1, 0.15) is 23.2 Å². The fraction of sp³-hybridized carbons (Fsp3) is 0.387. The number of aromatic hydroxyl groups is 2. The Balaban J connectivity index is 1.63. The minimum Gasteiger partial charge on any atom is -0.508 e. The van der Waals surface area contributed by atoms with Crippen LogP contribution in [0, 0.1) is 6.92 Å². The summed E-state index contributed by atoms with van der Waals surface area (Å²) in [5.74, 6) is -1.09. The molecule has 1 aliphatic rings. The summed E-state index contributed by atoms with van der Waals surface area (Å²) in [5.41, 5.74) is 4.54. The molecule has 1 fully saturated rings. The Bertz CT molecular complexity index is 1670. The predicted molar refractivity (Wildman–Crippen MR) is 159 cm³/mol. The number of aliphatic hydroxyl groups is 1. The van der Waals surface area contributed by atoms with Crippen LogP contribution in [-0.4, -0.2) is 64.6 Å². The van der Waals surface area contributed by atoms with Gasteiger partial charge in [0.15, 0.2) is 23.6 Å². The number of aryl methyl sites for hydroxylation is 1. The van der Waals surface area contributed by atoms with Crippen LogP contribution >= 0.6 is 0 Å². The molecule has 0 saturated carbocycles. The monoisotopic (exact) mass is 612 g/mol. The number of primary amides is 1. The van der Waals surface area contributed by atoms with Crippen molar-refractivity contribution in [2.75, 3.05) is 12.4 Å². The molecule has 4 rings (SSSR count). The Morgan fingerprint density at radius 2 is 1.86 bits per heavy atom. The highest BCUT2D eigenvalue weighted by atomic mass is 16.7. The van der Waals surface area contributed by atoms with E-state index in [0.717, 1.165) is 5.57 Å². The summed E-state index contributed by atoms with van der Waals surface area (Å²) in [5, 5.41) is 34.6. The number of hydrogen-bond acceptors (Lipinski definition) is 11. The van der Waals surface area contributed by atoms with Crippen LogP contribution in [0.3, 0.4) is 0 Å². The van der Waals surface area contributed by atoms with Crippen molar-refractivity contribution in [3.8, 4) is 17.2 Å². The molecule has 0 spiro atoms. The third-order valence-corrected chi connectivity index (χ3v) is 7.33. The second-order valence-corrected chi connectivity index (χ2v) is 11.2. The summed E-state index contributed by atoms with van der Waals surface area (Å²) < 4.78 is 27.9. The lowest BCUT2D eigenvalue weighted by molar-refractivity contribution is -0.304. The van der Waals surface area contributed by atoms with Crippen molar-refractivity contribution in [3.05, 3.63) is 69.1 Å². The Morgan fingerprint density at radius 3 is 2.50 bits per heavy atom. The molecule has 13 heteroatoms. The van der Waals surface area contributed by atoms with Crippen molar-refractivity contribution in [3.63, 3.8) is 0 Å². The molecule has 1 aliphatic heterocycles. The second-order valence-electron chi connectivity index (χ2n) is 11.2. The van der Waals surface area contributed by atoms with Crippen molar-refractivity contribution >= 4 is 28.7 Å². The SMILES string of the molecule is COC1[C@@H](OC(N)=O)[C@@H](O)C(Oc2ccc3c(O)c(NC(=O)c4ccc(O)c(CC=C(C)C)c4)c(=O)oc3c2C)OC1(C)C. The highest BCUT2D eigenvalue weighted by Crippen LogP contribution is 2.38. The number of carbonyl (C=O) groups is 2. The molecule has 1 aromatic heterocycles. The van der Waals surface area contributed by atoms with E-state index < -0.39 is 59.3 Å². The maximum Gasteiger partial charge on any atom is 0.404 e. The predicted octanol–water partition coefficient (Wildman–Crippen LogP) is 3.63. The number of anilines is 1. The van der Waals surface area contributed by atoms with Crippen molar-refractivity contribution in [2.45, 2.75) is 71.2 Å². The Kier molecular flexibility index (Phi) is 9.23. The lowest BCUT2D eigenvalue weighted by Gasteiger charge is -2.47. The molecule has 236 valence electrons. The number of ether oxygens (including phenoxy) is 4. The minimum absolute atomic E-state index is 0.0183. The number of fused-ring (bicyclic) bond motifs is 1. The third kappa shape index (κ3) is 6.49. The Morgan fingerprint density at radius 1 is 1.16 bits per heavy atom. The van der Waals surface area contributed by atoms with Gasteiger partial charge in [-0.25, -0.2) is 9.59 Å². The number of phenolic OH excluding ortho intramolecular Hbond substituents is 1. The second kappa shape index (κ2) is 12.6. The average molecular weight is 613 g/mol. The van der Waals surface area contributed by atoms with Gasteiger partial charge in [-0.15, -0.1) is 0 Å². The largest absolute Gasteiger partial charge is 0.508 e. The van der Waals surface area contributed by atoms with E-state index in [1.54, 1.807) is 20.8 Å². The van der Waals surface area contributed by atoms with Crippen molar-refractivity contribution in [2.24, 2.45) is 5.73 Å². The van der Waals surface area contributed by atoms with Gasteiger partial charge in [-0.05, 0) is 76.9 Å². The number of allylic oxidation sites excluding steroid dienone is 2. The van der Waals surface area contributed by atoms with E-state index in [-0.39, 0.29) is 33.6 Å². The normalized spacial score (nSPS) is 21.0. The molecule has 2 unspecified atom stereocenters. The number of methoxy groups -OCH3 is 1. The van der Waals surface area contributed by atoms with Crippen LogP contribution < -0.4 is 21.4 Å². The van der Waals surface area contributed by atoms with Crippen molar-refractivity contribution in [1.82, 2.24) is 0 Å². The number of phenols is 1. The van der Waals surface area contributed by atoms with Gasteiger partial charge in [-0.2, -0.15) is 0 Å². The van der Waals surface area contributed by atoms with Crippen LogP contribution in [0.5, 0.6) is 17.2 Å². The number of benzene rings is 2. The minimum atomic E-state index is -1.52. The average Bonchev–Trinajstić information content (AvgIpc) is 2.94. The molecule has 13 nitrogen and oxygen atoms in total. The molecular formula is C31H36N2O11. The van der Waals surface area contributed by atoms with Gasteiger partial charge in [-0.1, -0.05) is 11.6 Å². The summed E-state index contributed by atoms with van der Waals surface area (Å²) >= 11 is 0. The molecule has 4 atom stereocenters. The fourth-order valence-electron chi connectivity index (χ4n) is 5.06. The zero-order valence-corrected chi connectivity index (χ0v) is 25.2. The van der Waals surface area contributed by atoms with Gasteiger partial charge in [0.25, 0.3) is 5.91 Å². The Hall–Kier alpha value is -4.59. The Labute approximate surface area is 252 Å². The summed E-state index contributed by atoms with van der Waals surface area (Å²) in [6.07, 6.45) is -3.81. The van der Waals surface area contributed by atoms with Gasteiger partial charge < -0.3 is 49.7 Å². The van der Waals surface area contributed by atoms with Crippen LogP contribution in [0.1, 0.15) is 49.2 Å². The van der Waals surface area contributed by atoms with Crippen LogP contribution in [0.25, 0.3) is 11.0 Å². The van der Waals surface area contributed by atoms with Gasteiger partial charge in [0.2, 0.25) is 6.29 Å². The third-order valence-electron chi connectivity index (χ3n) is 7.33. The number of hydrogen-bond donors (Lipinski definition) is 5. The number of amides is 2. The zero-order valence-electron chi connectivity index (χ0n) is 25.2. The van der Waals surface area contributed by atoms with Gasteiger partial charge >= 0.3 is 11.7 Å². The number of rotatable bonds is 8. The van der Waals surface area contributed by atoms with Gasteiger partial charge in [-0.3, -0.25) is 4.79 Å². The topological polar surface area (TPSA) is 200 Å². The summed E-state index contributed by atoms with van der Waals surface area (Å²) in [6.45, 7) is 8.69. The van der Waals surface area contributed by atoms with Crippen LogP contribution in [0.15, 0.2) is 51.2 Å².